The Morgan fingerprint density at radius 2 is 2.17 bits per heavy atom. The fourth-order valence-electron chi connectivity index (χ4n) is 1.96. The van der Waals surface area contributed by atoms with Gasteiger partial charge in [-0.2, -0.15) is 0 Å². The van der Waals surface area contributed by atoms with Crippen molar-refractivity contribution in [2.75, 3.05) is 25.0 Å². The van der Waals surface area contributed by atoms with Crippen LogP contribution in [-0.2, 0) is 4.79 Å². The number of hydrogen-bond donors (Lipinski definition) is 2. The molecule has 1 aliphatic rings. The highest BCUT2D eigenvalue weighted by molar-refractivity contribution is 5.80. The Labute approximate surface area is 106 Å². The van der Waals surface area contributed by atoms with E-state index in [0.29, 0.717) is 18.4 Å². The zero-order valence-electron chi connectivity index (χ0n) is 10.4. The Balaban J connectivity index is 1.70. The highest BCUT2D eigenvalue weighted by Gasteiger charge is 2.27. The molecular formula is C12H18N4O2. The van der Waals surface area contributed by atoms with Gasteiger partial charge in [-0.1, -0.05) is 0 Å². The second-order valence-electron chi connectivity index (χ2n) is 4.70. The molecule has 1 aliphatic carbocycles. The minimum absolute atomic E-state index is 0.0497. The quantitative estimate of drug-likeness (QED) is 0.756. The maximum atomic E-state index is 11.7. The molecule has 6 nitrogen and oxygen atoms in total. The number of carbonyl (C=O) groups excluding carboxylic acids is 1. The van der Waals surface area contributed by atoms with Gasteiger partial charge in [0.15, 0.2) is 0 Å². The van der Waals surface area contributed by atoms with Gasteiger partial charge in [-0.25, -0.2) is 9.97 Å². The van der Waals surface area contributed by atoms with Crippen molar-refractivity contribution in [1.82, 2.24) is 15.3 Å². The van der Waals surface area contributed by atoms with E-state index in [1.54, 1.807) is 30.4 Å². The average molecular weight is 250 g/mol. The molecule has 0 bridgehead atoms. The third-order valence-corrected chi connectivity index (χ3v) is 3.07. The van der Waals surface area contributed by atoms with Crippen molar-refractivity contribution in [3.05, 3.63) is 18.5 Å². The summed E-state index contributed by atoms with van der Waals surface area (Å²) in [6.07, 6.45) is 4.70. The van der Waals surface area contributed by atoms with Crippen LogP contribution in [0.15, 0.2) is 18.5 Å². The van der Waals surface area contributed by atoms with Crippen molar-refractivity contribution in [2.24, 2.45) is 5.92 Å². The molecule has 1 saturated carbocycles. The van der Waals surface area contributed by atoms with E-state index in [1.807, 2.05) is 0 Å². The Hall–Kier alpha value is -1.69. The predicted octanol–water partition coefficient (Wildman–Crippen LogP) is -0.200. The number of likely N-dealkylation sites (N-methyl/N-ethyl adjacent to an activating group) is 1. The number of carbonyl (C=O) groups is 1. The topological polar surface area (TPSA) is 78.4 Å². The molecular weight excluding hydrogens is 232 g/mol. The minimum atomic E-state index is -0.174. The first-order valence-corrected chi connectivity index (χ1v) is 6.08. The lowest BCUT2D eigenvalue weighted by Crippen LogP contribution is -2.42. The van der Waals surface area contributed by atoms with Gasteiger partial charge in [-0.15, -0.1) is 0 Å². The summed E-state index contributed by atoms with van der Waals surface area (Å²) in [5, 5.41) is 12.0. The maximum Gasteiger partial charge on any atom is 0.239 e. The van der Waals surface area contributed by atoms with Gasteiger partial charge in [0, 0.05) is 26.0 Å². The number of hydrogen-bond acceptors (Lipinski definition) is 5. The lowest BCUT2D eigenvalue weighted by molar-refractivity contribution is -0.120. The highest BCUT2D eigenvalue weighted by atomic mass is 16.3. The van der Waals surface area contributed by atoms with Crippen molar-refractivity contribution < 1.29 is 9.90 Å². The van der Waals surface area contributed by atoms with Crippen LogP contribution in [0.4, 0.5) is 5.95 Å². The Bertz CT molecular complexity index is 392. The van der Waals surface area contributed by atoms with Gasteiger partial charge in [-0.05, 0) is 24.8 Å². The molecule has 2 rings (SSSR count). The molecule has 1 aromatic heterocycles. The minimum Gasteiger partial charge on any atom is -0.393 e. The van der Waals surface area contributed by atoms with Crippen LogP contribution >= 0.6 is 0 Å². The molecule has 1 heterocycles. The van der Waals surface area contributed by atoms with E-state index in [4.69, 9.17) is 5.11 Å². The molecule has 1 fully saturated rings. The first-order valence-electron chi connectivity index (χ1n) is 6.08. The summed E-state index contributed by atoms with van der Waals surface area (Å²) in [5.74, 6) is 0.903. The molecule has 0 saturated heterocycles. The molecule has 98 valence electrons. The SMILES string of the molecule is CN(CC(=O)NCC1CC(O)C1)c1ncccn1. The summed E-state index contributed by atoms with van der Waals surface area (Å²) < 4.78 is 0. The Morgan fingerprint density at radius 3 is 2.78 bits per heavy atom. The number of aliphatic hydroxyl groups is 1. The van der Waals surface area contributed by atoms with Gasteiger partial charge in [0.1, 0.15) is 0 Å². The van der Waals surface area contributed by atoms with Crippen LogP contribution < -0.4 is 10.2 Å². The standard InChI is InChI=1S/C12H18N4O2/c1-16(12-13-3-2-4-14-12)8-11(18)15-7-9-5-10(17)6-9/h2-4,9-10,17H,5-8H2,1H3,(H,15,18). The summed E-state index contributed by atoms with van der Waals surface area (Å²) in [4.78, 5) is 21.5. The van der Waals surface area contributed by atoms with E-state index in [0.717, 1.165) is 12.8 Å². The van der Waals surface area contributed by atoms with E-state index in [9.17, 15) is 4.79 Å². The number of aromatic nitrogens is 2. The van der Waals surface area contributed by atoms with Crippen molar-refractivity contribution in [1.29, 1.82) is 0 Å². The van der Waals surface area contributed by atoms with Crippen LogP contribution in [0, 0.1) is 5.92 Å². The molecule has 0 radical (unpaired) electrons. The van der Waals surface area contributed by atoms with E-state index >= 15 is 0 Å². The zero-order valence-corrected chi connectivity index (χ0v) is 10.4. The summed E-state index contributed by atoms with van der Waals surface area (Å²) in [6.45, 7) is 0.874. The lowest BCUT2D eigenvalue weighted by Gasteiger charge is -2.31. The molecule has 1 aromatic rings. The maximum absolute atomic E-state index is 11.7. The van der Waals surface area contributed by atoms with Crippen LogP contribution in [0.1, 0.15) is 12.8 Å². The van der Waals surface area contributed by atoms with Crippen molar-refractivity contribution >= 4 is 11.9 Å². The fraction of sp³-hybridized carbons (Fsp3) is 0.583. The normalized spacial score (nSPS) is 22.1. The third kappa shape index (κ3) is 3.40. The van der Waals surface area contributed by atoms with Crippen LogP contribution in [0.25, 0.3) is 0 Å². The second-order valence-corrected chi connectivity index (χ2v) is 4.70. The summed E-state index contributed by atoms with van der Waals surface area (Å²) >= 11 is 0. The number of nitrogens with one attached hydrogen (secondary N) is 1. The lowest BCUT2D eigenvalue weighted by atomic mass is 9.82. The predicted molar refractivity (Wildman–Crippen MR) is 67.0 cm³/mol. The van der Waals surface area contributed by atoms with Gasteiger partial charge < -0.3 is 15.3 Å². The number of amides is 1. The molecule has 1 amide bonds. The fourth-order valence-corrected chi connectivity index (χ4v) is 1.96. The van der Waals surface area contributed by atoms with Gasteiger partial charge in [0.25, 0.3) is 0 Å². The molecule has 0 spiro atoms. The molecule has 2 N–H and O–H groups in total. The first-order chi connectivity index (χ1) is 8.65. The number of anilines is 1. The summed E-state index contributed by atoms with van der Waals surface area (Å²) in [7, 11) is 1.78. The summed E-state index contributed by atoms with van der Waals surface area (Å²) in [6, 6.07) is 1.74. The van der Waals surface area contributed by atoms with Gasteiger partial charge in [0.05, 0.1) is 12.6 Å². The van der Waals surface area contributed by atoms with Gasteiger partial charge in [0.2, 0.25) is 11.9 Å². The number of rotatable bonds is 5. The molecule has 0 aromatic carbocycles. The Kier molecular flexibility index (Phi) is 4.09. The second kappa shape index (κ2) is 5.77. The van der Waals surface area contributed by atoms with Crippen LogP contribution in [0.2, 0.25) is 0 Å². The van der Waals surface area contributed by atoms with Gasteiger partial charge >= 0.3 is 0 Å². The van der Waals surface area contributed by atoms with Crippen molar-refractivity contribution in [2.45, 2.75) is 18.9 Å². The van der Waals surface area contributed by atoms with Crippen LogP contribution in [0.5, 0.6) is 0 Å². The molecule has 18 heavy (non-hydrogen) atoms. The molecule has 0 unspecified atom stereocenters. The van der Waals surface area contributed by atoms with Crippen LogP contribution in [-0.4, -0.2) is 47.2 Å². The first kappa shape index (κ1) is 12.8. The van der Waals surface area contributed by atoms with E-state index < -0.39 is 0 Å². The Morgan fingerprint density at radius 1 is 1.50 bits per heavy atom. The third-order valence-electron chi connectivity index (χ3n) is 3.07. The van der Waals surface area contributed by atoms with Crippen LogP contribution in [0.3, 0.4) is 0 Å². The summed E-state index contributed by atoms with van der Waals surface area (Å²) in [5.41, 5.74) is 0. The molecule has 6 heteroatoms. The van der Waals surface area contributed by atoms with E-state index in [1.165, 1.54) is 0 Å². The monoisotopic (exact) mass is 250 g/mol. The zero-order chi connectivity index (χ0) is 13.0. The number of aliphatic hydroxyl groups excluding tert-OH is 1. The smallest absolute Gasteiger partial charge is 0.239 e. The number of nitrogens with zero attached hydrogens (tertiary/aromatic N) is 3. The van der Waals surface area contributed by atoms with Crippen molar-refractivity contribution in [3.63, 3.8) is 0 Å². The van der Waals surface area contributed by atoms with E-state index in [-0.39, 0.29) is 18.6 Å². The largest absolute Gasteiger partial charge is 0.393 e. The van der Waals surface area contributed by atoms with E-state index in [2.05, 4.69) is 15.3 Å². The van der Waals surface area contributed by atoms with Crippen molar-refractivity contribution in [3.8, 4) is 0 Å². The average Bonchev–Trinajstić information content (AvgIpc) is 2.34. The highest BCUT2D eigenvalue weighted by Crippen LogP contribution is 2.25. The van der Waals surface area contributed by atoms with Gasteiger partial charge in [-0.3, -0.25) is 4.79 Å². The molecule has 0 aliphatic heterocycles. The molecule has 0 atom stereocenters.